The largest absolute Gasteiger partial charge is 0.450 e. The van der Waals surface area contributed by atoms with Crippen molar-refractivity contribution in [2.75, 3.05) is 37.7 Å². The third kappa shape index (κ3) is 4.66. The number of amides is 1. The number of piperidine rings is 1. The highest BCUT2D eigenvalue weighted by molar-refractivity contribution is 5.67. The predicted molar refractivity (Wildman–Crippen MR) is 101 cm³/mol. The molecule has 0 spiro atoms. The summed E-state index contributed by atoms with van der Waals surface area (Å²) in [5, 5.41) is 3.75. The van der Waals surface area contributed by atoms with Gasteiger partial charge in [-0.3, -0.25) is 0 Å². The van der Waals surface area contributed by atoms with Crippen LogP contribution < -0.4 is 10.2 Å². The van der Waals surface area contributed by atoms with Crippen molar-refractivity contribution >= 4 is 11.8 Å². The lowest BCUT2D eigenvalue weighted by atomic mass is 10.0. The lowest BCUT2D eigenvalue weighted by Crippen LogP contribution is -2.45. The van der Waals surface area contributed by atoms with Gasteiger partial charge in [-0.15, -0.1) is 0 Å². The number of nitrogens with one attached hydrogen (secondary N) is 1. The first-order valence-electron chi connectivity index (χ1n) is 9.70. The number of ether oxygens (including phenoxy) is 1. The number of nitrogens with zero attached hydrogens (tertiary/aromatic N) is 2. The van der Waals surface area contributed by atoms with E-state index in [1.165, 1.54) is 37.2 Å². The van der Waals surface area contributed by atoms with Gasteiger partial charge in [-0.2, -0.15) is 0 Å². The van der Waals surface area contributed by atoms with Crippen molar-refractivity contribution in [1.29, 1.82) is 0 Å². The third-order valence-corrected chi connectivity index (χ3v) is 5.35. The Kier molecular flexibility index (Phi) is 6.19. The fourth-order valence-electron chi connectivity index (χ4n) is 3.86. The molecule has 1 aromatic rings. The second-order valence-corrected chi connectivity index (χ2v) is 7.14. The van der Waals surface area contributed by atoms with E-state index in [1.54, 1.807) is 0 Å². The molecule has 2 heterocycles. The molecule has 2 aliphatic rings. The Bertz CT molecular complexity index is 564. The summed E-state index contributed by atoms with van der Waals surface area (Å²) >= 11 is 0. The van der Waals surface area contributed by atoms with Gasteiger partial charge in [0.2, 0.25) is 0 Å². The van der Waals surface area contributed by atoms with Gasteiger partial charge in [-0.1, -0.05) is 12.1 Å². The van der Waals surface area contributed by atoms with Crippen molar-refractivity contribution < 1.29 is 9.53 Å². The first-order chi connectivity index (χ1) is 12.2. The quantitative estimate of drug-likeness (QED) is 0.886. The van der Waals surface area contributed by atoms with E-state index in [0.717, 1.165) is 25.9 Å². The molecular formula is C20H31N3O2. The Morgan fingerprint density at radius 1 is 1.24 bits per heavy atom. The number of likely N-dealkylation sites (tertiary alicyclic amines) is 1. The van der Waals surface area contributed by atoms with Gasteiger partial charge in [0.05, 0.1) is 6.61 Å². The summed E-state index contributed by atoms with van der Waals surface area (Å²) in [7, 11) is 0. The minimum atomic E-state index is -0.174. The van der Waals surface area contributed by atoms with Gasteiger partial charge in [-0.25, -0.2) is 4.79 Å². The molecule has 3 rings (SSSR count). The van der Waals surface area contributed by atoms with Crippen LogP contribution in [-0.4, -0.2) is 49.8 Å². The highest BCUT2D eigenvalue weighted by Gasteiger charge is 2.24. The van der Waals surface area contributed by atoms with E-state index in [1.807, 2.05) is 11.8 Å². The summed E-state index contributed by atoms with van der Waals surface area (Å²) in [4.78, 5) is 16.1. The monoisotopic (exact) mass is 345 g/mol. The molecule has 1 amide bonds. The third-order valence-electron chi connectivity index (χ3n) is 5.35. The number of carbonyl (C=O) groups is 1. The Balaban J connectivity index is 1.52. The Morgan fingerprint density at radius 3 is 2.64 bits per heavy atom. The maximum Gasteiger partial charge on any atom is 0.409 e. The van der Waals surface area contributed by atoms with E-state index in [9.17, 15) is 4.79 Å². The first kappa shape index (κ1) is 18.1. The maximum absolute atomic E-state index is 11.8. The van der Waals surface area contributed by atoms with E-state index in [2.05, 4.69) is 41.4 Å². The topological polar surface area (TPSA) is 44.8 Å². The molecule has 0 bridgehead atoms. The zero-order valence-corrected chi connectivity index (χ0v) is 15.5. The van der Waals surface area contributed by atoms with Crippen molar-refractivity contribution in [2.45, 2.75) is 51.6 Å². The molecule has 0 aromatic heterocycles. The van der Waals surface area contributed by atoms with Gasteiger partial charge >= 0.3 is 6.09 Å². The summed E-state index contributed by atoms with van der Waals surface area (Å²) in [5.41, 5.74) is 2.69. The van der Waals surface area contributed by atoms with Crippen LogP contribution in [0.25, 0.3) is 0 Å². The highest BCUT2D eigenvalue weighted by atomic mass is 16.6. The van der Waals surface area contributed by atoms with E-state index < -0.39 is 0 Å². The van der Waals surface area contributed by atoms with Gasteiger partial charge in [0.25, 0.3) is 0 Å². The van der Waals surface area contributed by atoms with Crippen LogP contribution in [0.3, 0.4) is 0 Å². The number of carbonyl (C=O) groups excluding carboxylic acids is 1. The first-order valence-corrected chi connectivity index (χ1v) is 9.70. The second kappa shape index (κ2) is 8.56. The molecule has 25 heavy (non-hydrogen) atoms. The summed E-state index contributed by atoms with van der Waals surface area (Å²) < 4.78 is 5.09. The Morgan fingerprint density at radius 2 is 1.96 bits per heavy atom. The van der Waals surface area contributed by atoms with Crippen LogP contribution in [0, 0.1) is 0 Å². The van der Waals surface area contributed by atoms with Gasteiger partial charge < -0.3 is 19.9 Å². The van der Waals surface area contributed by atoms with Crippen LogP contribution in [0.2, 0.25) is 0 Å². The number of hydrogen-bond acceptors (Lipinski definition) is 4. The summed E-state index contributed by atoms with van der Waals surface area (Å²) in [6, 6.07) is 9.71. The standard InChI is InChI=1S/C20H31N3O2/c1-3-25-20(24)23-13-9-18(10-14-23)21-16(2)17-7-6-8-19(15-17)22-11-4-5-12-22/h6-8,15-16,18,21H,3-5,9-14H2,1-2H3/t16-/m1/s1. The number of benzene rings is 1. The smallest absolute Gasteiger partial charge is 0.409 e. The molecule has 5 heteroatoms. The lowest BCUT2D eigenvalue weighted by Gasteiger charge is -2.33. The molecule has 2 fully saturated rings. The second-order valence-electron chi connectivity index (χ2n) is 7.14. The minimum absolute atomic E-state index is 0.174. The molecule has 1 atom stereocenters. The normalized spacial score (nSPS) is 19.9. The molecule has 0 aliphatic carbocycles. The summed E-state index contributed by atoms with van der Waals surface area (Å²) in [6.07, 6.45) is 4.39. The molecule has 2 saturated heterocycles. The van der Waals surface area contributed by atoms with Crippen LogP contribution in [0.5, 0.6) is 0 Å². The molecular weight excluding hydrogens is 314 g/mol. The van der Waals surface area contributed by atoms with Gasteiger partial charge in [0, 0.05) is 44.0 Å². The molecule has 5 nitrogen and oxygen atoms in total. The molecule has 0 unspecified atom stereocenters. The molecule has 1 aromatic carbocycles. The zero-order valence-electron chi connectivity index (χ0n) is 15.5. The number of rotatable bonds is 5. The van der Waals surface area contributed by atoms with Gasteiger partial charge in [0.15, 0.2) is 0 Å². The molecule has 2 aliphatic heterocycles. The summed E-state index contributed by atoms with van der Waals surface area (Å²) in [5.74, 6) is 0. The van der Waals surface area contributed by atoms with E-state index in [4.69, 9.17) is 4.74 Å². The number of hydrogen-bond donors (Lipinski definition) is 1. The predicted octanol–water partition coefficient (Wildman–Crippen LogP) is 3.56. The van der Waals surface area contributed by atoms with Crippen molar-refractivity contribution in [3.8, 4) is 0 Å². The van der Waals surface area contributed by atoms with Crippen LogP contribution in [0.15, 0.2) is 24.3 Å². The van der Waals surface area contributed by atoms with Crippen LogP contribution >= 0.6 is 0 Å². The van der Waals surface area contributed by atoms with Crippen LogP contribution in [-0.2, 0) is 4.74 Å². The van der Waals surface area contributed by atoms with Gasteiger partial charge in [0.1, 0.15) is 0 Å². The molecule has 0 radical (unpaired) electrons. The van der Waals surface area contributed by atoms with E-state index in [-0.39, 0.29) is 6.09 Å². The maximum atomic E-state index is 11.8. The molecule has 1 N–H and O–H groups in total. The van der Waals surface area contributed by atoms with Crippen molar-refractivity contribution in [3.05, 3.63) is 29.8 Å². The van der Waals surface area contributed by atoms with E-state index in [0.29, 0.717) is 18.7 Å². The van der Waals surface area contributed by atoms with Crippen LogP contribution in [0.4, 0.5) is 10.5 Å². The van der Waals surface area contributed by atoms with Gasteiger partial charge in [-0.05, 0) is 57.2 Å². The Hall–Kier alpha value is -1.75. The average Bonchev–Trinajstić information content (AvgIpc) is 3.17. The van der Waals surface area contributed by atoms with Crippen molar-refractivity contribution in [2.24, 2.45) is 0 Å². The van der Waals surface area contributed by atoms with Crippen molar-refractivity contribution in [3.63, 3.8) is 0 Å². The fourth-order valence-corrected chi connectivity index (χ4v) is 3.86. The molecule has 138 valence electrons. The average molecular weight is 345 g/mol. The fraction of sp³-hybridized carbons (Fsp3) is 0.650. The summed E-state index contributed by atoms with van der Waals surface area (Å²) in [6.45, 7) is 8.44. The van der Waals surface area contributed by atoms with E-state index >= 15 is 0 Å². The van der Waals surface area contributed by atoms with Crippen LogP contribution in [0.1, 0.15) is 51.1 Å². The lowest BCUT2D eigenvalue weighted by molar-refractivity contribution is 0.0944. The SMILES string of the molecule is CCOC(=O)N1CCC(N[C@H](C)c2cccc(N3CCCC3)c2)CC1. The zero-order chi connectivity index (χ0) is 17.6. The van der Waals surface area contributed by atoms with Crippen molar-refractivity contribution in [1.82, 2.24) is 10.2 Å². The molecule has 0 saturated carbocycles. The Labute approximate surface area is 151 Å². The minimum Gasteiger partial charge on any atom is -0.450 e. The highest BCUT2D eigenvalue weighted by Crippen LogP contribution is 2.25. The number of anilines is 1.